The van der Waals surface area contributed by atoms with Crippen LogP contribution < -0.4 is 5.43 Å². The molecule has 6 heteroatoms. The summed E-state index contributed by atoms with van der Waals surface area (Å²) in [6.07, 6.45) is 2.36. The van der Waals surface area contributed by atoms with E-state index < -0.39 is 0 Å². The first kappa shape index (κ1) is 20.1. The highest BCUT2D eigenvalue weighted by Crippen LogP contribution is 2.47. The maximum absolute atomic E-state index is 12.3. The van der Waals surface area contributed by atoms with Crippen molar-refractivity contribution in [3.63, 3.8) is 0 Å². The standard InChI is InChI=1S/C21H22Br2N2O2/c1-21(2,3)14-6-4-12(5-7-14)15-9-16(15)20(27)25-24-11-13-8-19(26)18(23)10-17(13)22/h4-8,10-11,15-16,26H,9H2,1-3H3,(H,25,27). The minimum Gasteiger partial charge on any atom is -0.507 e. The van der Waals surface area contributed by atoms with Crippen LogP contribution in [0.15, 0.2) is 50.4 Å². The zero-order valence-corrected chi connectivity index (χ0v) is 18.6. The number of aromatic hydroxyl groups is 1. The van der Waals surface area contributed by atoms with Crippen molar-refractivity contribution in [2.75, 3.05) is 0 Å². The highest BCUT2D eigenvalue weighted by atomic mass is 79.9. The van der Waals surface area contributed by atoms with E-state index in [0.29, 0.717) is 10.0 Å². The largest absolute Gasteiger partial charge is 0.507 e. The molecule has 142 valence electrons. The summed E-state index contributed by atoms with van der Waals surface area (Å²) in [5.74, 6) is 0.266. The lowest BCUT2D eigenvalue weighted by atomic mass is 9.86. The lowest BCUT2D eigenvalue weighted by Gasteiger charge is -2.19. The molecule has 2 N–H and O–H groups in total. The summed E-state index contributed by atoms with van der Waals surface area (Å²) < 4.78 is 1.36. The lowest BCUT2D eigenvalue weighted by molar-refractivity contribution is -0.122. The second-order valence-corrected chi connectivity index (χ2v) is 9.59. The van der Waals surface area contributed by atoms with Crippen LogP contribution in [0.25, 0.3) is 0 Å². The predicted octanol–water partition coefficient (Wildman–Crippen LogP) is 5.47. The Morgan fingerprint density at radius 3 is 2.48 bits per heavy atom. The van der Waals surface area contributed by atoms with Crippen molar-refractivity contribution < 1.29 is 9.90 Å². The number of hydrazone groups is 1. The first-order valence-electron chi connectivity index (χ1n) is 8.78. The number of carbonyl (C=O) groups excluding carboxylic acids is 1. The first-order valence-corrected chi connectivity index (χ1v) is 10.4. The molecule has 1 aliphatic rings. The molecule has 1 amide bonds. The van der Waals surface area contributed by atoms with E-state index in [9.17, 15) is 9.90 Å². The van der Waals surface area contributed by atoms with E-state index in [0.717, 1.165) is 10.9 Å². The third kappa shape index (κ3) is 4.79. The molecule has 2 aromatic rings. The van der Waals surface area contributed by atoms with E-state index in [2.05, 4.69) is 87.4 Å². The summed E-state index contributed by atoms with van der Waals surface area (Å²) in [6.45, 7) is 6.57. The highest BCUT2D eigenvalue weighted by molar-refractivity contribution is 9.11. The minimum absolute atomic E-state index is 0.0376. The molecule has 2 atom stereocenters. The fourth-order valence-corrected chi connectivity index (χ4v) is 4.08. The molecule has 0 radical (unpaired) electrons. The van der Waals surface area contributed by atoms with E-state index in [1.54, 1.807) is 12.1 Å². The van der Waals surface area contributed by atoms with Gasteiger partial charge in [-0.3, -0.25) is 4.79 Å². The van der Waals surface area contributed by atoms with Crippen molar-refractivity contribution in [1.82, 2.24) is 5.43 Å². The summed E-state index contributed by atoms with van der Waals surface area (Å²) in [4.78, 5) is 12.3. The molecule has 0 bridgehead atoms. The van der Waals surface area contributed by atoms with Gasteiger partial charge >= 0.3 is 0 Å². The van der Waals surface area contributed by atoms with Gasteiger partial charge in [-0.1, -0.05) is 61.0 Å². The molecule has 0 aliphatic heterocycles. The zero-order valence-electron chi connectivity index (χ0n) is 15.5. The van der Waals surface area contributed by atoms with Gasteiger partial charge in [-0.2, -0.15) is 5.10 Å². The normalized spacial score (nSPS) is 19.3. The van der Waals surface area contributed by atoms with Gasteiger partial charge in [-0.25, -0.2) is 5.43 Å². The lowest BCUT2D eigenvalue weighted by Crippen LogP contribution is -2.20. The van der Waals surface area contributed by atoms with Crippen molar-refractivity contribution in [3.05, 3.63) is 62.0 Å². The molecular formula is C21H22Br2N2O2. The number of rotatable bonds is 4. The Morgan fingerprint density at radius 2 is 1.85 bits per heavy atom. The maximum atomic E-state index is 12.3. The van der Waals surface area contributed by atoms with Gasteiger partial charge in [0.25, 0.3) is 0 Å². The Kier molecular flexibility index (Phi) is 5.77. The number of carbonyl (C=O) groups is 1. The molecule has 2 unspecified atom stereocenters. The SMILES string of the molecule is CC(C)(C)c1ccc(C2CC2C(=O)NN=Cc2cc(O)c(Br)cc2Br)cc1. The number of phenols is 1. The van der Waals surface area contributed by atoms with Crippen LogP contribution in [0.5, 0.6) is 5.75 Å². The molecule has 0 heterocycles. The summed E-state index contributed by atoms with van der Waals surface area (Å²) in [5.41, 5.74) is 5.91. The fraction of sp³-hybridized carbons (Fsp3) is 0.333. The van der Waals surface area contributed by atoms with Gasteiger partial charge in [0, 0.05) is 16.0 Å². The highest BCUT2D eigenvalue weighted by Gasteiger charge is 2.44. The number of hydrogen-bond acceptors (Lipinski definition) is 3. The number of nitrogens with zero attached hydrogens (tertiary/aromatic N) is 1. The molecule has 27 heavy (non-hydrogen) atoms. The zero-order chi connectivity index (χ0) is 19.8. The molecule has 0 aromatic heterocycles. The Morgan fingerprint density at radius 1 is 1.19 bits per heavy atom. The number of benzene rings is 2. The van der Waals surface area contributed by atoms with Crippen molar-refractivity contribution in [3.8, 4) is 5.75 Å². The number of halogens is 2. The average Bonchev–Trinajstić information content (AvgIpc) is 3.39. The van der Waals surface area contributed by atoms with Crippen LogP contribution in [0.4, 0.5) is 0 Å². The van der Waals surface area contributed by atoms with E-state index in [1.807, 2.05) is 0 Å². The van der Waals surface area contributed by atoms with E-state index in [1.165, 1.54) is 17.3 Å². The van der Waals surface area contributed by atoms with Crippen molar-refractivity contribution in [1.29, 1.82) is 0 Å². The topological polar surface area (TPSA) is 61.7 Å². The van der Waals surface area contributed by atoms with Crippen LogP contribution in [0, 0.1) is 5.92 Å². The van der Waals surface area contributed by atoms with E-state index in [4.69, 9.17) is 0 Å². The van der Waals surface area contributed by atoms with Crippen molar-refractivity contribution in [2.45, 2.75) is 38.5 Å². The van der Waals surface area contributed by atoms with Gasteiger partial charge < -0.3 is 5.11 Å². The summed E-state index contributed by atoms with van der Waals surface area (Å²) in [6, 6.07) is 11.9. The van der Waals surface area contributed by atoms with E-state index in [-0.39, 0.29) is 28.9 Å². The van der Waals surface area contributed by atoms with E-state index >= 15 is 0 Å². The van der Waals surface area contributed by atoms with Crippen molar-refractivity contribution in [2.24, 2.45) is 11.0 Å². The second-order valence-electron chi connectivity index (χ2n) is 7.88. The molecule has 1 fully saturated rings. The van der Waals surface area contributed by atoms with Crippen LogP contribution in [-0.4, -0.2) is 17.2 Å². The third-order valence-electron chi connectivity index (χ3n) is 4.78. The third-order valence-corrected chi connectivity index (χ3v) is 6.10. The molecule has 1 saturated carbocycles. The summed E-state index contributed by atoms with van der Waals surface area (Å²) >= 11 is 6.65. The minimum atomic E-state index is -0.0754. The van der Waals surface area contributed by atoms with Crippen LogP contribution in [0.3, 0.4) is 0 Å². The van der Waals surface area contributed by atoms with Gasteiger partial charge in [0.1, 0.15) is 5.75 Å². The fourth-order valence-electron chi connectivity index (χ4n) is 2.98. The molecule has 0 spiro atoms. The second kappa shape index (κ2) is 7.76. The number of phenolic OH excluding ortho intramolecular Hbond substituents is 1. The van der Waals surface area contributed by atoms with Gasteiger partial charge in [0.15, 0.2) is 0 Å². The summed E-state index contributed by atoms with van der Waals surface area (Å²) in [5, 5.41) is 13.8. The molecule has 2 aromatic carbocycles. The number of hydrogen-bond donors (Lipinski definition) is 2. The predicted molar refractivity (Wildman–Crippen MR) is 115 cm³/mol. The molecule has 4 nitrogen and oxygen atoms in total. The smallest absolute Gasteiger partial charge is 0.243 e. The molecule has 0 saturated heterocycles. The van der Waals surface area contributed by atoms with Crippen LogP contribution >= 0.6 is 31.9 Å². The number of amides is 1. The maximum Gasteiger partial charge on any atom is 0.243 e. The van der Waals surface area contributed by atoms with Crippen LogP contribution in [-0.2, 0) is 10.2 Å². The Labute approximate surface area is 176 Å². The van der Waals surface area contributed by atoms with Gasteiger partial charge in [0.05, 0.1) is 10.7 Å². The quantitative estimate of drug-likeness (QED) is 0.438. The number of nitrogens with one attached hydrogen (secondary N) is 1. The van der Waals surface area contributed by atoms with Crippen LogP contribution in [0.1, 0.15) is 49.8 Å². The Bertz CT molecular complexity index is 886. The van der Waals surface area contributed by atoms with Gasteiger partial charge in [0.2, 0.25) is 5.91 Å². The first-order chi connectivity index (χ1) is 12.7. The average molecular weight is 494 g/mol. The Hall–Kier alpha value is -1.66. The van der Waals surface area contributed by atoms with Gasteiger partial charge in [-0.15, -0.1) is 0 Å². The van der Waals surface area contributed by atoms with Crippen LogP contribution in [0.2, 0.25) is 0 Å². The molecular weight excluding hydrogens is 472 g/mol. The summed E-state index contributed by atoms with van der Waals surface area (Å²) in [7, 11) is 0. The Balaban J connectivity index is 1.58. The van der Waals surface area contributed by atoms with Gasteiger partial charge in [-0.05, 0) is 56.9 Å². The molecule has 3 rings (SSSR count). The monoisotopic (exact) mass is 492 g/mol. The van der Waals surface area contributed by atoms with Crippen molar-refractivity contribution >= 4 is 44.0 Å². The molecule has 1 aliphatic carbocycles.